The van der Waals surface area contributed by atoms with Gasteiger partial charge in [0.25, 0.3) is 0 Å². The summed E-state index contributed by atoms with van der Waals surface area (Å²) in [5, 5.41) is 8.69. The van der Waals surface area contributed by atoms with Gasteiger partial charge >= 0.3 is 12.0 Å². The van der Waals surface area contributed by atoms with Gasteiger partial charge in [0.1, 0.15) is 0 Å². The van der Waals surface area contributed by atoms with Crippen LogP contribution in [0.2, 0.25) is 0 Å². The largest absolute Gasteiger partial charge is 0.481 e. The fourth-order valence-electron chi connectivity index (χ4n) is 1.82. The van der Waals surface area contributed by atoms with Gasteiger partial charge in [-0.3, -0.25) is 9.69 Å². The summed E-state index contributed by atoms with van der Waals surface area (Å²) in [7, 11) is 1.63. The zero-order chi connectivity index (χ0) is 15.0. The number of aliphatic carboxylic acids is 1. The van der Waals surface area contributed by atoms with E-state index in [0.29, 0.717) is 6.54 Å². The number of benzene rings is 1. The number of nitrogens with zero attached hydrogens (tertiary/aromatic N) is 2. The summed E-state index contributed by atoms with van der Waals surface area (Å²) in [5.41, 5.74) is 0.841. The molecular formula is C15H22N2O3. The highest BCUT2D eigenvalue weighted by Gasteiger charge is 2.19. The molecule has 0 saturated carbocycles. The van der Waals surface area contributed by atoms with Crippen LogP contribution in [-0.4, -0.2) is 42.1 Å². The molecule has 0 aliphatic heterocycles. The molecule has 1 rings (SSSR count). The fraction of sp³-hybridized carbons (Fsp3) is 0.467. The second-order valence-corrected chi connectivity index (χ2v) is 4.69. The van der Waals surface area contributed by atoms with Crippen LogP contribution in [0.3, 0.4) is 0 Å². The Hall–Kier alpha value is -2.04. The standard InChI is InChI=1S/C15H22N2O3/c1-3-4-11-17(13-8-6-5-7-9-13)15(20)16(2)12-10-14(18)19/h5-9H,3-4,10-12H2,1-2H3,(H,18,19). The van der Waals surface area contributed by atoms with Crippen molar-refractivity contribution in [2.45, 2.75) is 26.2 Å². The predicted molar refractivity (Wildman–Crippen MR) is 79.0 cm³/mol. The first kappa shape index (κ1) is 16.0. The van der Waals surface area contributed by atoms with E-state index in [4.69, 9.17) is 5.11 Å². The summed E-state index contributed by atoms with van der Waals surface area (Å²) >= 11 is 0. The molecule has 0 fully saturated rings. The summed E-state index contributed by atoms with van der Waals surface area (Å²) < 4.78 is 0. The third kappa shape index (κ3) is 4.91. The minimum Gasteiger partial charge on any atom is -0.481 e. The van der Waals surface area contributed by atoms with Crippen LogP contribution in [0.15, 0.2) is 30.3 Å². The Balaban J connectivity index is 2.77. The second kappa shape index (κ2) is 8.19. The van der Waals surface area contributed by atoms with Gasteiger partial charge in [-0.05, 0) is 18.6 Å². The Bertz CT molecular complexity index is 434. The van der Waals surface area contributed by atoms with Crippen LogP contribution < -0.4 is 4.90 Å². The first-order chi connectivity index (χ1) is 9.56. The lowest BCUT2D eigenvalue weighted by Crippen LogP contribution is -2.42. The number of amides is 2. The van der Waals surface area contributed by atoms with E-state index in [1.165, 1.54) is 4.90 Å². The maximum absolute atomic E-state index is 12.4. The molecule has 0 bridgehead atoms. The zero-order valence-corrected chi connectivity index (χ0v) is 12.1. The zero-order valence-electron chi connectivity index (χ0n) is 12.1. The highest BCUT2D eigenvalue weighted by molar-refractivity contribution is 5.92. The smallest absolute Gasteiger partial charge is 0.324 e. The number of unbranched alkanes of at least 4 members (excludes halogenated alkanes) is 1. The van der Waals surface area contributed by atoms with Crippen molar-refractivity contribution in [3.05, 3.63) is 30.3 Å². The average molecular weight is 278 g/mol. The summed E-state index contributed by atoms with van der Waals surface area (Å²) in [6.45, 7) is 2.92. The molecule has 0 saturated heterocycles. The molecule has 5 heteroatoms. The molecule has 0 atom stereocenters. The number of hydrogen-bond donors (Lipinski definition) is 1. The first-order valence-corrected chi connectivity index (χ1v) is 6.85. The molecule has 0 heterocycles. The van der Waals surface area contributed by atoms with Gasteiger partial charge < -0.3 is 10.0 Å². The summed E-state index contributed by atoms with van der Waals surface area (Å²) in [6.07, 6.45) is 1.86. The summed E-state index contributed by atoms with van der Waals surface area (Å²) in [5.74, 6) is -0.899. The summed E-state index contributed by atoms with van der Waals surface area (Å²) in [6, 6.07) is 9.29. The van der Waals surface area contributed by atoms with E-state index < -0.39 is 5.97 Å². The van der Waals surface area contributed by atoms with Crippen LogP contribution in [0, 0.1) is 0 Å². The van der Waals surface area contributed by atoms with Gasteiger partial charge in [-0.15, -0.1) is 0 Å². The highest BCUT2D eigenvalue weighted by atomic mass is 16.4. The number of hydrogen-bond acceptors (Lipinski definition) is 2. The normalized spacial score (nSPS) is 10.1. The van der Waals surface area contributed by atoms with Gasteiger partial charge in [0.2, 0.25) is 0 Å². The van der Waals surface area contributed by atoms with Crippen LogP contribution in [-0.2, 0) is 4.79 Å². The number of carboxylic acid groups (broad SMARTS) is 1. The Labute approximate surface area is 119 Å². The number of urea groups is 1. The molecule has 110 valence electrons. The van der Waals surface area contributed by atoms with Gasteiger partial charge in [-0.2, -0.15) is 0 Å². The maximum Gasteiger partial charge on any atom is 0.324 e. The van der Waals surface area contributed by atoms with E-state index in [-0.39, 0.29) is 19.0 Å². The Morgan fingerprint density at radius 3 is 2.35 bits per heavy atom. The van der Waals surface area contributed by atoms with Crippen molar-refractivity contribution in [2.75, 3.05) is 25.0 Å². The average Bonchev–Trinajstić information content (AvgIpc) is 2.46. The highest BCUT2D eigenvalue weighted by Crippen LogP contribution is 2.16. The molecule has 0 radical (unpaired) electrons. The van der Waals surface area contributed by atoms with Crippen LogP contribution in [0.5, 0.6) is 0 Å². The van der Waals surface area contributed by atoms with Gasteiger partial charge in [0.05, 0.1) is 6.42 Å². The molecule has 0 spiro atoms. The van der Waals surface area contributed by atoms with Crippen molar-refractivity contribution < 1.29 is 14.7 Å². The number of anilines is 1. The van der Waals surface area contributed by atoms with Gasteiger partial charge in [-0.25, -0.2) is 4.79 Å². The Kier molecular flexibility index (Phi) is 6.56. The number of para-hydroxylation sites is 1. The Morgan fingerprint density at radius 2 is 1.80 bits per heavy atom. The summed E-state index contributed by atoms with van der Waals surface area (Å²) in [4.78, 5) is 26.2. The molecule has 2 amide bonds. The van der Waals surface area contributed by atoms with Crippen LogP contribution in [0.4, 0.5) is 10.5 Å². The van der Waals surface area contributed by atoms with Crippen molar-refractivity contribution in [3.63, 3.8) is 0 Å². The van der Waals surface area contributed by atoms with Gasteiger partial charge in [0.15, 0.2) is 0 Å². The molecular weight excluding hydrogens is 256 g/mol. The van der Waals surface area contributed by atoms with Crippen molar-refractivity contribution >= 4 is 17.7 Å². The monoisotopic (exact) mass is 278 g/mol. The van der Waals surface area contributed by atoms with E-state index in [0.717, 1.165) is 18.5 Å². The van der Waals surface area contributed by atoms with Gasteiger partial charge in [0, 0.05) is 25.8 Å². The van der Waals surface area contributed by atoms with Crippen LogP contribution in [0.25, 0.3) is 0 Å². The quantitative estimate of drug-likeness (QED) is 0.834. The topological polar surface area (TPSA) is 60.9 Å². The minimum absolute atomic E-state index is 0.0430. The van der Waals surface area contributed by atoms with Crippen molar-refractivity contribution in [3.8, 4) is 0 Å². The van der Waals surface area contributed by atoms with Crippen LogP contribution >= 0.6 is 0 Å². The number of carboxylic acids is 1. The molecule has 1 N–H and O–H groups in total. The molecule has 5 nitrogen and oxygen atoms in total. The third-order valence-corrected chi connectivity index (χ3v) is 3.02. The van der Waals surface area contributed by atoms with E-state index in [1.807, 2.05) is 30.3 Å². The first-order valence-electron chi connectivity index (χ1n) is 6.85. The molecule has 0 aliphatic rings. The van der Waals surface area contributed by atoms with Crippen LogP contribution in [0.1, 0.15) is 26.2 Å². The number of carbonyl (C=O) groups excluding carboxylic acids is 1. The maximum atomic E-state index is 12.4. The van der Waals surface area contributed by atoms with E-state index in [1.54, 1.807) is 11.9 Å². The molecule has 0 unspecified atom stereocenters. The van der Waals surface area contributed by atoms with E-state index >= 15 is 0 Å². The van der Waals surface area contributed by atoms with Crippen molar-refractivity contribution in [1.82, 2.24) is 4.90 Å². The lowest BCUT2D eigenvalue weighted by Gasteiger charge is -2.28. The molecule has 0 aliphatic carbocycles. The minimum atomic E-state index is -0.899. The Morgan fingerprint density at radius 1 is 1.15 bits per heavy atom. The molecule has 1 aromatic carbocycles. The van der Waals surface area contributed by atoms with Crippen molar-refractivity contribution in [1.29, 1.82) is 0 Å². The van der Waals surface area contributed by atoms with E-state index in [2.05, 4.69) is 6.92 Å². The second-order valence-electron chi connectivity index (χ2n) is 4.69. The third-order valence-electron chi connectivity index (χ3n) is 3.02. The molecule has 0 aromatic heterocycles. The van der Waals surface area contributed by atoms with E-state index in [9.17, 15) is 9.59 Å². The number of carbonyl (C=O) groups is 2. The SMILES string of the molecule is CCCCN(C(=O)N(C)CCC(=O)O)c1ccccc1. The fourth-order valence-corrected chi connectivity index (χ4v) is 1.82. The molecule has 1 aromatic rings. The van der Waals surface area contributed by atoms with Crippen molar-refractivity contribution in [2.24, 2.45) is 0 Å². The predicted octanol–water partition coefficient (Wildman–Crippen LogP) is 2.82. The number of rotatable bonds is 7. The molecule has 20 heavy (non-hydrogen) atoms. The lowest BCUT2D eigenvalue weighted by atomic mass is 10.2. The lowest BCUT2D eigenvalue weighted by molar-refractivity contribution is -0.137. The van der Waals surface area contributed by atoms with Gasteiger partial charge in [-0.1, -0.05) is 31.5 Å².